The first kappa shape index (κ1) is 23.0. The zero-order chi connectivity index (χ0) is 24.3. The Bertz CT molecular complexity index is 1260. The maximum absolute atomic E-state index is 13.5. The topological polar surface area (TPSA) is 58.6 Å². The summed E-state index contributed by atoms with van der Waals surface area (Å²) in [6.07, 6.45) is 0. The van der Waals surface area contributed by atoms with Crippen LogP contribution in [0, 0.1) is 5.92 Å². The van der Waals surface area contributed by atoms with Crippen LogP contribution in [0.25, 0.3) is 11.1 Å². The highest BCUT2D eigenvalue weighted by atomic mass is 16.5. The van der Waals surface area contributed by atoms with Crippen LogP contribution in [-0.4, -0.2) is 23.7 Å². The summed E-state index contributed by atoms with van der Waals surface area (Å²) in [6, 6.07) is 35.7. The molecule has 0 aliphatic heterocycles. The van der Waals surface area contributed by atoms with Crippen LogP contribution in [0.2, 0.25) is 0 Å². The molecule has 2 atom stereocenters. The van der Waals surface area contributed by atoms with Crippen molar-refractivity contribution in [3.8, 4) is 11.1 Å². The second-order valence-corrected chi connectivity index (χ2v) is 9.08. The Kier molecular flexibility index (Phi) is 6.49. The Morgan fingerprint density at radius 3 is 1.89 bits per heavy atom. The van der Waals surface area contributed by atoms with Gasteiger partial charge in [-0.05, 0) is 33.4 Å². The number of hydrogen-bond donors (Lipinski definition) is 2. The molecular formula is C31H29NO3. The summed E-state index contributed by atoms with van der Waals surface area (Å²) in [5.41, 5.74) is 5.61. The number of rotatable bonds is 8. The minimum atomic E-state index is -0.770. The molecule has 0 radical (unpaired) electrons. The fourth-order valence-corrected chi connectivity index (χ4v) is 5.06. The Morgan fingerprint density at radius 2 is 1.31 bits per heavy atom. The van der Waals surface area contributed by atoms with Crippen LogP contribution in [0.1, 0.15) is 29.2 Å². The molecule has 0 heterocycles. The summed E-state index contributed by atoms with van der Waals surface area (Å²) in [5.74, 6) is -0.744. The van der Waals surface area contributed by atoms with Gasteiger partial charge in [0.05, 0.1) is 5.54 Å². The summed E-state index contributed by atoms with van der Waals surface area (Å²) in [6.45, 7) is 1.90. The smallest absolute Gasteiger partial charge is 0.323 e. The zero-order valence-electron chi connectivity index (χ0n) is 19.7. The van der Waals surface area contributed by atoms with Gasteiger partial charge in [-0.2, -0.15) is 0 Å². The third-order valence-electron chi connectivity index (χ3n) is 6.87. The van der Waals surface area contributed by atoms with Crippen molar-refractivity contribution in [2.45, 2.75) is 25.1 Å². The van der Waals surface area contributed by atoms with E-state index >= 15 is 0 Å². The highest BCUT2D eigenvalue weighted by Gasteiger charge is 2.47. The van der Waals surface area contributed by atoms with E-state index in [4.69, 9.17) is 4.74 Å². The molecule has 0 bridgehead atoms. The number of benzene rings is 4. The summed E-state index contributed by atoms with van der Waals surface area (Å²) in [7, 11) is 0. The molecule has 4 nitrogen and oxygen atoms in total. The summed E-state index contributed by atoms with van der Waals surface area (Å²) < 4.78 is 5.77. The number of aliphatic hydroxyl groups excluding tert-OH is 1. The third-order valence-corrected chi connectivity index (χ3v) is 6.87. The summed E-state index contributed by atoms with van der Waals surface area (Å²) >= 11 is 0. The largest absolute Gasteiger partial charge is 0.460 e. The predicted molar refractivity (Wildman–Crippen MR) is 138 cm³/mol. The van der Waals surface area contributed by atoms with Gasteiger partial charge in [-0.1, -0.05) is 116 Å². The molecule has 1 aliphatic rings. The molecular weight excluding hydrogens is 434 g/mol. The van der Waals surface area contributed by atoms with Gasteiger partial charge in [0, 0.05) is 12.5 Å². The van der Waals surface area contributed by atoms with Gasteiger partial charge >= 0.3 is 5.97 Å². The van der Waals surface area contributed by atoms with E-state index in [0.29, 0.717) is 0 Å². The number of esters is 1. The highest BCUT2D eigenvalue weighted by Crippen LogP contribution is 2.51. The monoisotopic (exact) mass is 463 g/mol. The van der Waals surface area contributed by atoms with Crippen LogP contribution < -0.4 is 5.32 Å². The number of hydrogen-bond acceptors (Lipinski definition) is 4. The summed E-state index contributed by atoms with van der Waals surface area (Å²) in [4.78, 5) is 13.5. The van der Waals surface area contributed by atoms with Gasteiger partial charge in [0.25, 0.3) is 0 Å². The lowest BCUT2D eigenvalue weighted by atomic mass is 9.79. The van der Waals surface area contributed by atoms with Crippen molar-refractivity contribution in [1.29, 1.82) is 0 Å². The Balaban J connectivity index is 1.60. The molecule has 5 rings (SSSR count). The zero-order valence-corrected chi connectivity index (χ0v) is 19.7. The van der Waals surface area contributed by atoms with Crippen molar-refractivity contribution in [2.75, 3.05) is 6.61 Å². The van der Waals surface area contributed by atoms with Crippen LogP contribution in [0.15, 0.2) is 109 Å². The minimum absolute atomic E-state index is 0.147. The number of fused-ring (bicyclic) bond motifs is 3. The number of aliphatic hydroxyl groups is 1. The fraction of sp³-hybridized carbons (Fsp3) is 0.194. The van der Waals surface area contributed by atoms with E-state index in [2.05, 4.69) is 41.7 Å². The van der Waals surface area contributed by atoms with Crippen LogP contribution >= 0.6 is 0 Å². The lowest BCUT2D eigenvalue weighted by molar-refractivity contribution is -0.150. The first-order valence-electron chi connectivity index (χ1n) is 12.0. The van der Waals surface area contributed by atoms with Gasteiger partial charge in [-0.25, -0.2) is 0 Å². The molecule has 1 aliphatic carbocycles. The first-order valence-corrected chi connectivity index (χ1v) is 12.0. The molecule has 2 N–H and O–H groups in total. The van der Waals surface area contributed by atoms with Crippen molar-refractivity contribution in [3.05, 3.63) is 131 Å². The average Bonchev–Trinajstić information content (AvgIpc) is 3.21. The molecule has 4 aromatic rings. The molecule has 4 heteroatoms. The second-order valence-electron chi connectivity index (χ2n) is 9.08. The standard InChI is InChI=1S/C31H29NO3/c1-22(20-33)29(30(34)35-21-23-12-4-2-5-13-23)32-31(24-14-6-3-7-15-24)27-18-10-8-16-25(27)26-17-9-11-19-28(26)31/h2-19,22,29,32-33H,20-21H2,1H3/t22-,29-/m0/s1. The molecule has 0 saturated heterocycles. The van der Waals surface area contributed by atoms with E-state index in [-0.39, 0.29) is 25.1 Å². The average molecular weight is 464 g/mol. The van der Waals surface area contributed by atoms with Crippen molar-refractivity contribution < 1.29 is 14.6 Å². The third kappa shape index (κ3) is 4.16. The normalized spacial score (nSPS) is 15.0. The molecule has 0 fully saturated rings. The molecule has 0 amide bonds. The quantitative estimate of drug-likeness (QED) is 0.349. The second kappa shape index (κ2) is 9.87. The fourth-order valence-electron chi connectivity index (χ4n) is 5.06. The SMILES string of the molecule is C[C@@H](CO)[C@H](NC1(c2ccccc2)c2ccccc2-c2ccccc21)C(=O)OCc1ccccc1. The maximum Gasteiger partial charge on any atom is 0.323 e. The molecule has 35 heavy (non-hydrogen) atoms. The van der Waals surface area contributed by atoms with Crippen LogP contribution in [-0.2, 0) is 21.7 Å². The minimum Gasteiger partial charge on any atom is -0.460 e. The van der Waals surface area contributed by atoms with E-state index in [1.54, 1.807) is 0 Å². The lowest BCUT2D eigenvalue weighted by Gasteiger charge is -2.38. The van der Waals surface area contributed by atoms with Crippen LogP contribution in [0.4, 0.5) is 0 Å². The van der Waals surface area contributed by atoms with E-state index in [1.807, 2.05) is 79.7 Å². The summed E-state index contributed by atoms with van der Waals surface area (Å²) in [5, 5.41) is 13.8. The number of ether oxygens (including phenoxy) is 1. The Labute approximate surface area is 206 Å². The maximum atomic E-state index is 13.5. The highest BCUT2D eigenvalue weighted by molar-refractivity contribution is 5.84. The number of carbonyl (C=O) groups excluding carboxylic acids is 1. The van der Waals surface area contributed by atoms with Gasteiger partial charge in [0.1, 0.15) is 12.6 Å². The number of carbonyl (C=O) groups is 1. The van der Waals surface area contributed by atoms with E-state index in [1.165, 1.54) is 0 Å². The first-order chi connectivity index (χ1) is 17.1. The predicted octanol–water partition coefficient (Wildman–Crippen LogP) is 5.29. The lowest BCUT2D eigenvalue weighted by Crippen LogP contribution is -2.55. The van der Waals surface area contributed by atoms with E-state index in [9.17, 15) is 9.90 Å². The number of nitrogens with one attached hydrogen (secondary N) is 1. The van der Waals surface area contributed by atoms with E-state index < -0.39 is 11.6 Å². The molecule has 0 unspecified atom stereocenters. The molecule has 176 valence electrons. The van der Waals surface area contributed by atoms with Gasteiger partial charge < -0.3 is 9.84 Å². The van der Waals surface area contributed by atoms with Gasteiger partial charge in [-0.15, -0.1) is 0 Å². The van der Waals surface area contributed by atoms with Crippen molar-refractivity contribution in [1.82, 2.24) is 5.32 Å². The molecule has 0 spiro atoms. The van der Waals surface area contributed by atoms with Gasteiger partial charge in [-0.3, -0.25) is 10.1 Å². The Morgan fingerprint density at radius 1 is 0.800 bits per heavy atom. The van der Waals surface area contributed by atoms with Gasteiger partial charge in [0.15, 0.2) is 0 Å². The molecule has 4 aromatic carbocycles. The molecule has 0 aromatic heterocycles. The Hall–Kier alpha value is -3.73. The van der Waals surface area contributed by atoms with Gasteiger partial charge in [0.2, 0.25) is 0 Å². The van der Waals surface area contributed by atoms with Crippen molar-refractivity contribution in [3.63, 3.8) is 0 Å². The van der Waals surface area contributed by atoms with Crippen LogP contribution in [0.5, 0.6) is 0 Å². The van der Waals surface area contributed by atoms with Crippen LogP contribution in [0.3, 0.4) is 0 Å². The van der Waals surface area contributed by atoms with E-state index in [0.717, 1.165) is 33.4 Å². The van der Waals surface area contributed by atoms with Crippen molar-refractivity contribution in [2.24, 2.45) is 5.92 Å². The van der Waals surface area contributed by atoms with Crippen molar-refractivity contribution >= 4 is 5.97 Å². The molecule has 0 saturated carbocycles.